The van der Waals surface area contributed by atoms with Gasteiger partial charge in [-0.05, 0) is 13.8 Å². The first-order valence-electron chi connectivity index (χ1n) is 7.33. The van der Waals surface area contributed by atoms with E-state index in [1.165, 1.54) is 0 Å². The lowest BCUT2D eigenvalue weighted by Crippen LogP contribution is -2.24. The van der Waals surface area contributed by atoms with Crippen molar-refractivity contribution in [2.75, 3.05) is 23.7 Å². The van der Waals surface area contributed by atoms with E-state index in [4.69, 9.17) is 10.7 Å². The van der Waals surface area contributed by atoms with Gasteiger partial charge in [0.1, 0.15) is 0 Å². The topological polar surface area (TPSA) is 80.8 Å². The summed E-state index contributed by atoms with van der Waals surface area (Å²) >= 11 is 0. The molecular formula is C16H18N6. The Hall–Kier alpha value is -2.76. The van der Waals surface area contributed by atoms with Crippen LogP contribution in [0.3, 0.4) is 0 Å². The van der Waals surface area contributed by atoms with Crippen LogP contribution >= 0.6 is 0 Å². The molecule has 0 radical (unpaired) electrons. The molecule has 112 valence electrons. The minimum Gasteiger partial charge on any atom is -0.368 e. The van der Waals surface area contributed by atoms with E-state index in [2.05, 4.69) is 33.7 Å². The van der Waals surface area contributed by atoms with Crippen LogP contribution in [0, 0.1) is 0 Å². The molecule has 0 unspecified atom stereocenters. The van der Waals surface area contributed by atoms with Gasteiger partial charge in [0.05, 0.1) is 11.9 Å². The van der Waals surface area contributed by atoms with E-state index in [0.29, 0.717) is 11.2 Å². The highest BCUT2D eigenvalue weighted by Crippen LogP contribution is 2.24. The van der Waals surface area contributed by atoms with Gasteiger partial charge in [0.25, 0.3) is 0 Å². The van der Waals surface area contributed by atoms with Gasteiger partial charge in [-0.25, -0.2) is 9.97 Å². The second-order valence-electron chi connectivity index (χ2n) is 4.87. The maximum atomic E-state index is 5.80. The lowest BCUT2D eigenvalue weighted by molar-refractivity contribution is 0.847. The van der Waals surface area contributed by atoms with Gasteiger partial charge >= 0.3 is 0 Å². The lowest BCUT2D eigenvalue weighted by atomic mass is 10.2. The van der Waals surface area contributed by atoms with Crippen molar-refractivity contribution in [1.82, 2.24) is 19.9 Å². The summed E-state index contributed by atoms with van der Waals surface area (Å²) in [5.41, 5.74) is 8.82. The summed E-state index contributed by atoms with van der Waals surface area (Å²) in [7, 11) is 0. The second-order valence-corrected chi connectivity index (χ2v) is 4.87. The number of rotatable bonds is 4. The Bertz CT molecular complexity index is 783. The van der Waals surface area contributed by atoms with Crippen LogP contribution in [-0.2, 0) is 0 Å². The molecule has 22 heavy (non-hydrogen) atoms. The van der Waals surface area contributed by atoms with Crippen molar-refractivity contribution in [2.24, 2.45) is 0 Å². The first-order chi connectivity index (χ1) is 10.7. The molecule has 3 aromatic rings. The molecule has 2 N–H and O–H groups in total. The summed E-state index contributed by atoms with van der Waals surface area (Å²) in [5.74, 6) is 0.953. The molecule has 2 aromatic heterocycles. The fourth-order valence-electron chi connectivity index (χ4n) is 2.40. The summed E-state index contributed by atoms with van der Waals surface area (Å²) in [6, 6.07) is 9.94. The van der Waals surface area contributed by atoms with Gasteiger partial charge in [-0.15, -0.1) is 0 Å². The van der Waals surface area contributed by atoms with Crippen LogP contribution < -0.4 is 10.6 Å². The van der Waals surface area contributed by atoms with Gasteiger partial charge in [-0.1, -0.05) is 30.3 Å². The average Bonchev–Trinajstić information content (AvgIpc) is 2.56. The zero-order chi connectivity index (χ0) is 15.5. The highest BCUT2D eigenvalue weighted by Gasteiger charge is 2.14. The number of aromatic nitrogens is 4. The molecule has 0 aliphatic heterocycles. The summed E-state index contributed by atoms with van der Waals surface area (Å²) in [4.78, 5) is 19.8. The summed E-state index contributed by atoms with van der Waals surface area (Å²) in [5, 5.41) is 0. The summed E-state index contributed by atoms with van der Waals surface area (Å²) in [6.07, 6.45) is 1.72. The molecule has 0 fully saturated rings. The molecule has 0 atom stereocenters. The van der Waals surface area contributed by atoms with E-state index in [1.807, 2.05) is 30.3 Å². The third-order valence-corrected chi connectivity index (χ3v) is 3.54. The maximum absolute atomic E-state index is 5.80. The van der Waals surface area contributed by atoms with Crippen LogP contribution in [0.15, 0.2) is 36.5 Å². The minimum absolute atomic E-state index is 0.219. The van der Waals surface area contributed by atoms with Gasteiger partial charge in [0.2, 0.25) is 5.95 Å². The van der Waals surface area contributed by atoms with Crippen molar-refractivity contribution in [1.29, 1.82) is 0 Å². The predicted octanol–water partition coefficient (Wildman–Crippen LogP) is 2.52. The van der Waals surface area contributed by atoms with Crippen molar-refractivity contribution in [3.05, 3.63) is 36.5 Å². The number of nitrogen functional groups attached to an aromatic ring is 1. The van der Waals surface area contributed by atoms with E-state index in [0.717, 1.165) is 30.2 Å². The van der Waals surface area contributed by atoms with E-state index in [-0.39, 0.29) is 5.95 Å². The average molecular weight is 294 g/mol. The SMILES string of the molecule is CCN(CC)c1nc(N)nc2ncc(-c3ccccc3)nc12. The third kappa shape index (κ3) is 2.55. The van der Waals surface area contributed by atoms with E-state index in [1.54, 1.807) is 6.20 Å². The number of nitrogens with two attached hydrogens (primary N) is 1. The van der Waals surface area contributed by atoms with Crippen molar-refractivity contribution < 1.29 is 0 Å². The minimum atomic E-state index is 0.219. The van der Waals surface area contributed by atoms with Crippen LogP contribution in [0.5, 0.6) is 0 Å². The molecule has 0 saturated carbocycles. The Morgan fingerprint density at radius 3 is 2.41 bits per heavy atom. The molecule has 0 aliphatic carbocycles. The van der Waals surface area contributed by atoms with Gasteiger partial charge in [0.15, 0.2) is 17.0 Å². The van der Waals surface area contributed by atoms with E-state index >= 15 is 0 Å². The molecule has 1 aromatic carbocycles. The van der Waals surface area contributed by atoms with Crippen molar-refractivity contribution in [3.8, 4) is 11.3 Å². The van der Waals surface area contributed by atoms with Crippen molar-refractivity contribution in [2.45, 2.75) is 13.8 Å². The molecule has 6 heteroatoms. The largest absolute Gasteiger partial charge is 0.368 e. The number of nitrogens with zero attached hydrogens (tertiary/aromatic N) is 5. The predicted molar refractivity (Wildman–Crippen MR) is 88.5 cm³/mol. The molecule has 0 bridgehead atoms. The van der Waals surface area contributed by atoms with E-state index < -0.39 is 0 Å². The smallest absolute Gasteiger partial charge is 0.224 e. The van der Waals surface area contributed by atoms with Crippen LogP contribution in [-0.4, -0.2) is 33.0 Å². The number of hydrogen-bond donors (Lipinski definition) is 1. The monoisotopic (exact) mass is 294 g/mol. The maximum Gasteiger partial charge on any atom is 0.224 e. The van der Waals surface area contributed by atoms with Gasteiger partial charge in [-0.2, -0.15) is 9.97 Å². The lowest BCUT2D eigenvalue weighted by Gasteiger charge is -2.20. The Labute approximate surface area is 129 Å². The summed E-state index contributed by atoms with van der Waals surface area (Å²) in [6.45, 7) is 5.78. The van der Waals surface area contributed by atoms with Crippen LogP contribution in [0.1, 0.15) is 13.8 Å². The highest BCUT2D eigenvalue weighted by molar-refractivity contribution is 5.85. The quantitative estimate of drug-likeness (QED) is 0.796. The molecule has 0 saturated heterocycles. The second kappa shape index (κ2) is 5.93. The zero-order valence-electron chi connectivity index (χ0n) is 12.7. The third-order valence-electron chi connectivity index (χ3n) is 3.54. The van der Waals surface area contributed by atoms with Gasteiger partial charge < -0.3 is 10.6 Å². The molecule has 3 rings (SSSR count). The van der Waals surface area contributed by atoms with Gasteiger partial charge in [-0.3, -0.25) is 0 Å². The number of hydrogen-bond acceptors (Lipinski definition) is 6. The zero-order valence-corrected chi connectivity index (χ0v) is 12.7. The van der Waals surface area contributed by atoms with Crippen LogP contribution in [0.4, 0.5) is 11.8 Å². The Morgan fingerprint density at radius 1 is 1.00 bits per heavy atom. The Kier molecular flexibility index (Phi) is 3.82. The van der Waals surface area contributed by atoms with Gasteiger partial charge in [0, 0.05) is 18.7 Å². The molecule has 2 heterocycles. The fraction of sp³-hybridized carbons (Fsp3) is 0.250. The molecule has 0 amide bonds. The fourth-order valence-corrected chi connectivity index (χ4v) is 2.40. The first kappa shape index (κ1) is 14.2. The number of anilines is 2. The standard InChI is InChI=1S/C16H18N6/c1-3-22(4-2)15-13-14(20-16(17)21-15)18-10-12(19-13)11-8-6-5-7-9-11/h5-10H,3-4H2,1-2H3,(H2,17,18,20,21). The highest BCUT2D eigenvalue weighted by atomic mass is 15.2. The number of fused-ring (bicyclic) bond motifs is 1. The Balaban J connectivity index is 2.22. The van der Waals surface area contributed by atoms with Crippen LogP contribution in [0.2, 0.25) is 0 Å². The van der Waals surface area contributed by atoms with E-state index in [9.17, 15) is 0 Å². The molecule has 0 aliphatic rings. The normalized spacial score (nSPS) is 10.8. The first-order valence-corrected chi connectivity index (χ1v) is 7.33. The Morgan fingerprint density at radius 2 is 1.73 bits per heavy atom. The number of benzene rings is 1. The van der Waals surface area contributed by atoms with Crippen LogP contribution in [0.25, 0.3) is 22.4 Å². The molecule has 0 spiro atoms. The van der Waals surface area contributed by atoms with Crippen molar-refractivity contribution in [3.63, 3.8) is 0 Å². The summed E-state index contributed by atoms with van der Waals surface area (Å²) < 4.78 is 0. The molecular weight excluding hydrogens is 276 g/mol. The van der Waals surface area contributed by atoms with Crippen molar-refractivity contribution >= 4 is 22.9 Å². The molecule has 6 nitrogen and oxygen atoms in total.